The molecule has 1 rings (SSSR count). The van der Waals surface area contributed by atoms with E-state index in [4.69, 9.17) is 15.7 Å². The van der Waals surface area contributed by atoms with Gasteiger partial charge in [0.2, 0.25) is 0 Å². The molecular weight excluding hydrogens is 176 g/mol. The Morgan fingerprint density at radius 1 is 1.79 bits per heavy atom. The Hall–Kier alpha value is -1.95. The van der Waals surface area contributed by atoms with E-state index in [1.807, 2.05) is 19.1 Å². The fourth-order valence-corrected chi connectivity index (χ4v) is 1.06. The molecule has 1 aliphatic heterocycles. The molecule has 0 bridgehead atoms. The van der Waals surface area contributed by atoms with E-state index in [1.165, 1.54) is 0 Å². The summed E-state index contributed by atoms with van der Waals surface area (Å²) in [6.45, 7) is 5.41. The number of hydrogen-bond donors (Lipinski definition) is 1. The van der Waals surface area contributed by atoms with Crippen LogP contribution in [0.5, 0.6) is 0 Å². The average molecular weight is 188 g/mol. The van der Waals surface area contributed by atoms with Gasteiger partial charge in [0.1, 0.15) is 12.2 Å². The van der Waals surface area contributed by atoms with Crippen LogP contribution in [0.3, 0.4) is 0 Å². The molecule has 1 unspecified atom stereocenters. The van der Waals surface area contributed by atoms with E-state index in [0.717, 1.165) is 5.57 Å². The van der Waals surface area contributed by atoms with Crippen molar-refractivity contribution in [3.05, 3.63) is 47.9 Å². The smallest absolute Gasteiger partial charge is 0.198 e. The Morgan fingerprint density at radius 3 is 3.00 bits per heavy atom. The topological polar surface area (TPSA) is 59.0 Å². The zero-order valence-corrected chi connectivity index (χ0v) is 8.03. The third kappa shape index (κ3) is 2.27. The summed E-state index contributed by atoms with van der Waals surface area (Å²) in [6, 6.07) is 1.95. The lowest BCUT2D eigenvalue weighted by Crippen LogP contribution is -2.01. The number of hydrogen-bond acceptors (Lipinski definition) is 3. The van der Waals surface area contributed by atoms with E-state index in [2.05, 4.69) is 6.58 Å². The highest BCUT2D eigenvalue weighted by molar-refractivity contribution is 5.38. The number of nitrogens with zero attached hydrogens (tertiary/aromatic N) is 1. The molecule has 0 amide bonds. The summed E-state index contributed by atoms with van der Waals surface area (Å²) in [5, 5.41) is 8.60. The monoisotopic (exact) mass is 188 g/mol. The average Bonchev–Trinajstić information content (AvgIpc) is 2.55. The molecule has 0 aliphatic carbocycles. The van der Waals surface area contributed by atoms with E-state index >= 15 is 0 Å². The van der Waals surface area contributed by atoms with Crippen LogP contribution in [0.25, 0.3) is 0 Å². The zero-order valence-electron chi connectivity index (χ0n) is 8.03. The van der Waals surface area contributed by atoms with E-state index in [1.54, 1.807) is 18.2 Å². The Bertz CT molecular complexity index is 369. The fourth-order valence-electron chi connectivity index (χ4n) is 1.06. The van der Waals surface area contributed by atoms with Crippen molar-refractivity contribution in [2.24, 2.45) is 5.73 Å². The van der Waals surface area contributed by atoms with Gasteiger partial charge in [-0.15, -0.1) is 0 Å². The van der Waals surface area contributed by atoms with Crippen LogP contribution in [-0.4, -0.2) is 6.10 Å². The Labute approximate surface area is 83.5 Å². The molecule has 72 valence electrons. The summed E-state index contributed by atoms with van der Waals surface area (Å²) < 4.78 is 5.22. The van der Waals surface area contributed by atoms with Gasteiger partial charge in [0.15, 0.2) is 5.76 Å². The maximum atomic E-state index is 8.60. The van der Waals surface area contributed by atoms with Crippen LogP contribution in [0.2, 0.25) is 0 Å². The quantitative estimate of drug-likeness (QED) is 0.672. The third-order valence-electron chi connectivity index (χ3n) is 1.89. The first-order chi connectivity index (χ1) is 6.67. The van der Waals surface area contributed by atoms with Crippen LogP contribution in [-0.2, 0) is 4.74 Å². The van der Waals surface area contributed by atoms with Gasteiger partial charge in [0.25, 0.3) is 0 Å². The van der Waals surface area contributed by atoms with E-state index < -0.39 is 0 Å². The van der Waals surface area contributed by atoms with Gasteiger partial charge in [-0.2, -0.15) is 5.26 Å². The first kappa shape index (κ1) is 10.1. The van der Waals surface area contributed by atoms with Crippen LogP contribution >= 0.6 is 0 Å². The highest BCUT2D eigenvalue weighted by Crippen LogP contribution is 2.21. The first-order valence-electron chi connectivity index (χ1n) is 4.25. The van der Waals surface area contributed by atoms with E-state index in [9.17, 15) is 0 Å². The summed E-state index contributed by atoms with van der Waals surface area (Å²) >= 11 is 0. The maximum absolute atomic E-state index is 8.60. The molecule has 1 aliphatic rings. The summed E-state index contributed by atoms with van der Waals surface area (Å²) in [5.41, 5.74) is 7.06. The molecule has 0 saturated carbocycles. The molecule has 1 heterocycles. The molecule has 0 aromatic rings. The number of ether oxygens (including phenoxy) is 1. The first-order valence-corrected chi connectivity index (χ1v) is 4.25. The van der Waals surface area contributed by atoms with Crippen molar-refractivity contribution in [1.29, 1.82) is 5.26 Å². The Kier molecular flexibility index (Phi) is 3.14. The summed E-state index contributed by atoms with van der Waals surface area (Å²) in [6.07, 6.45) is 6.74. The lowest BCUT2D eigenvalue weighted by atomic mass is 10.1. The summed E-state index contributed by atoms with van der Waals surface area (Å²) in [7, 11) is 0. The molecular formula is C11H12N2O. The molecule has 14 heavy (non-hydrogen) atoms. The van der Waals surface area contributed by atoms with Gasteiger partial charge in [-0.05, 0) is 30.7 Å². The van der Waals surface area contributed by atoms with Crippen molar-refractivity contribution in [2.75, 3.05) is 0 Å². The molecule has 0 fully saturated rings. The Morgan fingerprint density at radius 2 is 2.50 bits per heavy atom. The minimum atomic E-state index is -0.0847. The highest BCUT2D eigenvalue weighted by atomic mass is 16.5. The SMILES string of the molecule is C=C/C(N)=C\C=C1\C=C(C#N)OC1C. The lowest BCUT2D eigenvalue weighted by Gasteiger charge is -2.04. The largest absolute Gasteiger partial charge is 0.476 e. The second kappa shape index (κ2) is 4.33. The normalized spacial score (nSPS) is 24.0. The van der Waals surface area contributed by atoms with Crippen LogP contribution in [0, 0.1) is 11.3 Å². The summed E-state index contributed by atoms with van der Waals surface area (Å²) in [5.74, 6) is 0.342. The van der Waals surface area contributed by atoms with Crippen molar-refractivity contribution >= 4 is 0 Å². The second-order valence-electron chi connectivity index (χ2n) is 2.92. The number of nitrogens with two attached hydrogens (primary N) is 1. The Balaban J connectivity index is 2.85. The molecule has 3 nitrogen and oxygen atoms in total. The van der Waals surface area contributed by atoms with Gasteiger partial charge in [-0.3, -0.25) is 0 Å². The summed E-state index contributed by atoms with van der Waals surface area (Å²) in [4.78, 5) is 0. The third-order valence-corrected chi connectivity index (χ3v) is 1.89. The van der Waals surface area contributed by atoms with Crippen LogP contribution in [0.4, 0.5) is 0 Å². The van der Waals surface area contributed by atoms with Gasteiger partial charge in [-0.25, -0.2) is 0 Å². The van der Waals surface area contributed by atoms with Crippen molar-refractivity contribution in [1.82, 2.24) is 0 Å². The molecule has 0 saturated heterocycles. The highest BCUT2D eigenvalue weighted by Gasteiger charge is 2.17. The van der Waals surface area contributed by atoms with Gasteiger partial charge in [0, 0.05) is 5.70 Å². The fraction of sp³-hybridized carbons (Fsp3) is 0.182. The molecule has 1 atom stereocenters. The minimum absolute atomic E-state index is 0.0847. The number of nitriles is 1. The van der Waals surface area contributed by atoms with Gasteiger partial charge in [-0.1, -0.05) is 12.7 Å². The van der Waals surface area contributed by atoms with Gasteiger partial charge in [0.05, 0.1) is 0 Å². The molecule has 0 aromatic heterocycles. The molecule has 2 N–H and O–H groups in total. The maximum Gasteiger partial charge on any atom is 0.198 e. The molecule has 3 heteroatoms. The predicted molar refractivity (Wildman–Crippen MR) is 54.8 cm³/mol. The minimum Gasteiger partial charge on any atom is -0.476 e. The van der Waals surface area contributed by atoms with Crippen LogP contribution in [0.1, 0.15) is 6.92 Å². The number of allylic oxidation sites excluding steroid dienone is 4. The number of rotatable bonds is 2. The van der Waals surface area contributed by atoms with Gasteiger partial charge >= 0.3 is 0 Å². The van der Waals surface area contributed by atoms with Crippen LogP contribution < -0.4 is 5.73 Å². The van der Waals surface area contributed by atoms with E-state index in [0.29, 0.717) is 11.5 Å². The molecule has 0 aromatic carbocycles. The van der Waals surface area contributed by atoms with Crippen molar-refractivity contribution < 1.29 is 4.74 Å². The molecule has 0 spiro atoms. The molecule has 0 radical (unpaired) electrons. The van der Waals surface area contributed by atoms with Gasteiger partial charge < -0.3 is 10.5 Å². The second-order valence-corrected chi connectivity index (χ2v) is 2.92. The van der Waals surface area contributed by atoms with Crippen molar-refractivity contribution in [3.63, 3.8) is 0 Å². The van der Waals surface area contributed by atoms with E-state index in [-0.39, 0.29) is 6.10 Å². The van der Waals surface area contributed by atoms with Crippen molar-refractivity contribution in [2.45, 2.75) is 13.0 Å². The lowest BCUT2D eigenvalue weighted by molar-refractivity contribution is 0.195. The van der Waals surface area contributed by atoms with Crippen LogP contribution in [0.15, 0.2) is 47.9 Å². The zero-order chi connectivity index (χ0) is 10.6. The predicted octanol–water partition coefficient (Wildman–Crippen LogP) is 1.77. The standard InChI is InChI=1S/C11H12N2O/c1-3-10(13)5-4-9-6-11(7-12)14-8(9)2/h3-6,8H,1,13H2,2H3/b9-4-,10-5+. The van der Waals surface area contributed by atoms with Crippen molar-refractivity contribution in [3.8, 4) is 6.07 Å².